The molecule has 2 heteroatoms. The van der Waals surface area contributed by atoms with Gasteiger partial charge < -0.3 is 0 Å². The van der Waals surface area contributed by atoms with Crippen molar-refractivity contribution in [1.29, 1.82) is 0 Å². The quantitative estimate of drug-likeness (QED) is 0.637. The van der Waals surface area contributed by atoms with E-state index in [4.69, 9.17) is 0 Å². The van der Waals surface area contributed by atoms with Crippen LogP contribution in [0.1, 0.15) is 11.3 Å². The lowest BCUT2D eigenvalue weighted by atomic mass is 9.99. The molecule has 0 fully saturated rings. The van der Waals surface area contributed by atoms with E-state index < -0.39 is 7.92 Å². The van der Waals surface area contributed by atoms with Crippen molar-refractivity contribution in [2.24, 2.45) is 0 Å². The zero-order valence-electron chi connectivity index (χ0n) is 13.3. The van der Waals surface area contributed by atoms with Crippen LogP contribution in [-0.4, -0.2) is 4.98 Å². The van der Waals surface area contributed by atoms with Gasteiger partial charge in [0, 0.05) is 6.20 Å². The first kappa shape index (κ1) is 15.1. The molecule has 1 nitrogen and oxygen atoms in total. The number of benzene rings is 2. The van der Waals surface area contributed by atoms with E-state index in [-0.39, 0.29) is 0 Å². The predicted molar refractivity (Wildman–Crippen MR) is 104 cm³/mol. The largest absolute Gasteiger partial charge is 0.257 e. The van der Waals surface area contributed by atoms with E-state index in [0.717, 1.165) is 12.1 Å². The van der Waals surface area contributed by atoms with Gasteiger partial charge in [0.05, 0.1) is 5.69 Å². The van der Waals surface area contributed by atoms with Crippen molar-refractivity contribution in [2.45, 2.75) is 6.42 Å². The zero-order valence-corrected chi connectivity index (χ0v) is 14.2. The first-order valence-electron chi connectivity index (χ1n) is 8.12. The predicted octanol–water partition coefficient (Wildman–Crippen LogP) is 4.67. The Kier molecular flexibility index (Phi) is 4.36. The van der Waals surface area contributed by atoms with Crippen molar-refractivity contribution in [3.8, 4) is 0 Å². The molecule has 4 rings (SSSR count). The first-order chi connectivity index (χ1) is 11.9. The van der Waals surface area contributed by atoms with Gasteiger partial charge in [0.1, 0.15) is 0 Å². The molecule has 1 aliphatic rings. The van der Waals surface area contributed by atoms with Gasteiger partial charge in [-0.25, -0.2) is 0 Å². The molecule has 2 aromatic carbocycles. The smallest absolute Gasteiger partial charge is 0.0665 e. The van der Waals surface area contributed by atoms with E-state index in [9.17, 15) is 0 Å². The molecule has 0 N–H and O–H groups in total. The molecule has 0 amide bonds. The topological polar surface area (TPSA) is 12.9 Å². The molecular weight excluding hydrogens is 309 g/mol. The van der Waals surface area contributed by atoms with Crippen LogP contribution in [0.2, 0.25) is 0 Å². The van der Waals surface area contributed by atoms with Crippen LogP contribution < -0.4 is 10.6 Å². The highest BCUT2D eigenvalue weighted by atomic mass is 31.1. The number of hydrogen-bond acceptors (Lipinski definition) is 1. The Hall–Kier alpha value is -2.50. The fraction of sp³-hybridized carbons (Fsp3) is 0.0455. The molecule has 1 heterocycles. The Bertz CT molecular complexity index is 843. The average molecular weight is 327 g/mol. The van der Waals surface area contributed by atoms with Gasteiger partial charge >= 0.3 is 0 Å². The fourth-order valence-electron chi connectivity index (χ4n) is 2.95. The third-order valence-electron chi connectivity index (χ3n) is 4.14. The standard InChI is InChI=1S/C22H18NP/c1-3-9-20(10-4-1)24(21-11-5-2-6-12-21)17-18-13-14-22-19(16-18)8-7-15-23-22/h1-15,17H,16H2. The second-order valence-electron chi connectivity index (χ2n) is 5.80. The Morgan fingerprint density at radius 1 is 0.750 bits per heavy atom. The maximum atomic E-state index is 4.44. The molecule has 0 saturated heterocycles. The minimum atomic E-state index is -0.497. The van der Waals surface area contributed by atoms with E-state index in [0.29, 0.717) is 0 Å². The highest BCUT2D eigenvalue weighted by molar-refractivity contribution is 7.75. The summed E-state index contributed by atoms with van der Waals surface area (Å²) in [6, 6.07) is 25.8. The number of pyridine rings is 1. The van der Waals surface area contributed by atoms with Crippen molar-refractivity contribution >= 4 is 24.6 Å². The lowest BCUT2D eigenvalue weighted by molar-refractivity contribution is 1.11. The number of rotatable bonds is 3. The highest BCUT2D eigenvalue weighted by Crippen LogP contribution is 2.38. The van der Waals surface area contributed by atoms with Gasteiger partial charge in [-0.3, -0.25) is 4.98 Å². The summed E-state index contributed by atoms with van der Waals surface area (Å²) in [6.45, 7) is 0. The molecule has 116 valence electrons. The molecule has 1 aliphatic carbocycles. The van der Waals surface area contributed by atoms with Crippen LogP contribution in [0, 0.1) is 0 Å². The fourth-order valence-corrected chi connectivity index (χ4v) is 5.04. The summed E-state index contributed by atoms with van der Waals surface area (Å²) in [7, 11) is -0.497. The summed E-state index contributed by atoms with van der Waals surface area (Å²) in [4.78, 5) is 4.44. The van der Waals surface area contributed by atoms with E-state index in [1.54, 1.807) is 0 Å². The molecule has 0 spiro atoms. The maximum Gasteiger partial charge on any atom is 0.0665 e. The van der Waals surface area contributed by atoms with Crippen molar-refractivity contribution in [1.82, 2.24) is 4.98 Å². The van der Waals surface area contributed by atoms with E-state index >= 15 is 0 Å². The summed E-state index contributed by atoms with van der Waals surface area (Å²) in [6.07, 6.45) is 7.17. The molecule has 0 saturated carbocycles. The van der Waals surface area contributed by atoms with Gasteiger partial charge in [-0.05, 0) is 54.0 Å². The van der Waals surface area contributed by atoms with E-state index in [1.165, 1.54) is 21.7 Å². The van der Waals surface area contributed by atoms with Gasteiger partial charge in [-0.15, -0.1) is 0 Å². The molecule has 24 heavy (non-hydrogen) atoms. The van der Waals surface area contributed by atoms with Gasteiger partial charge in [-0.2, -0.15) is 0 Å². The summed E-state index contributed by atoms with van der Waals surface area (Å²) in [5.41, 5.74) is 3.77. The van der Waals surface area contributed by atoms with E-state index in [2.05, 4.69) is 89.7 Å². The van der Waals surface area contributed by atoms with Crippen LogP contribution in [0.5, 0.6) is 0 Å². The number of hydrogen-bond donors (Lipinski definition) is 0. The van der Waals surface area contributed by atoms with Crippen LogP contribution in [0.25, 0.3) is 6.08 Å². The molecule has 0 radical (unpaired) electrons. The molecule has 3 aromatic rings. The molecule has 0 aliphatic heterocycles. The first-order valence-corrected chi connectivity index (χ1v) is 9.53. The van der Waals surface area contributed by atoms with Crippen molar-refractivity contribution < 1.29 is 0 Å². The summed E-state index contributed by atoms with van der Waals surface area (Å²) in [5, 5.41) is 2.77. The molecule has 0 atom stereocenters. The number of fused-ring (bicyclic) bond motifs is 1. The van der Waals surface area contributed by atoms with Gasteiger partial charge in [0.15, 0.2) is 0 Å². The maximum absolute atomic E-state index is 4.44. The number of aromatic nitrogens is 1. The van der Waals surface area contributed by atoms with Crippen LogP contribution in [-0.2, 0) is 6.42 Å². The van der Waals surface area contributed by atoms with Crippen molar-refractivity contribution in [2.75, 3.05) is 0 Å². The van der Waals surface area contributed by atoms with Gasteiger partial charge in [0.2, 0.25) is 0 Å². The average Bonchev–Trinajstić information content (AvgIpc) is 2.67. The van der Waals surface area contributed by atoms with Crippen LogP contribution >= 0.6 is 7.92 Å². The third kappa shape index (κ3) is 3.22. The summed E-state index contributed by atoms with van der Waals surface area (Å²) < 4.78 is 0. The minimum Gasteiger partial charge on any atom is -0.257 e. The highest BCUT2D eigenvalue weighted by Gasteiger charge is 2.14. The summed E-state index contributed by atoms with van der Waals surface area (Å²) >= 11 is 0. The van der Waals surface area contributed by atoms with Crippen LogP contribution in [0.3, 0.4) is 0 Å². The lowest BCUT2D eigenvalue weighted by Gasteiger charge is -2.18. The van der Waals surface area contributed by atoms with Crippen LogP contribution in [0.15, 0.2) is 96.5 Å². The zero-order chi connectivity index (χ0) is 16.2. The van der Waals surface area contributed by atoms with Gasteiger partial charge in [-0.1, -0.05) is 72.8 Å². The van der Waals surface area contributed by atoms with Crippen molar-refractivity contribution in [3.63, 3.8) is 0 Å². The molecule has 0 bridgehead atoms. The second-order valence-corrected chi connectivity index (χ2v) is 7.83. The number of allylic oxidation sites excluding steroid dienone is 2. The molecule has 0 unspecified atom stereocenters. The molecular formula is C22H18NP. The second kappa shape index (κ2) is 6.95. The minimum absolute atomic E-state index is 0.497. The molecule has 1 aromatic heterocycles. The van der Waals surface area contributed by atoms with Crippen LogP contribution in [0.4, 0.5) is 0 Å². The summed E-state index contributed by atoms with van der Waals surface area (Å²) in [5.74, 6) is 2.45. The Labute approximate surface area is 144 Å². The Morgan fingerprint density at radius 3 is 2.08 bits per heavy atom. The van der Waals surface area contributed by atoms with E-state index in [1.807, 2.05) is 12.3 Å². The Morgan fingerprint density at radius 2 is 1.42 bits per heavy atom. The normalized spacial score (nSPS) is 14.8. The number of nitrogens with zero attached hydrogens (tertiary/aromatic N) is 1. The van der Waals surface area contributed by atoms with Gasteiger partial charge in [0.25, 0.3) is 0 Å². The third-order valence-corrected chi connectivity index (χ3v) is 6.44. The lowest BCUT2D eigenvalue weighted by Crippen LogP contribution is -2.10. The monoisotopic (exact) mass is 327 g/mol. The Balaban J connectivity index is 1.73. The van der Waals surface area contributed by atoms with Crippen molar-refractivity contribution in [3.05, 3.63) is 108 Å². The SMILES string of the molecule is C1=Cc2ncccc2CC1=CP(c1ccccc1)c1ccccc1.